The number of nitrogens with zero attached hydrogens (tertiary/aromatic N) is 3. The molecule has 206 valence electrons. The average Bonchev–Trinajstić information content (AvgIpc) is 3.43. The molecule has 1 saturated heterocycles. The Labute approximate surface area is 229 Å². The van der Waals surface area contributed by atoms with Crippen molar-refractivity contribution in [3.05, 3.63) is 96.3 Å². The van der Waals surface area contributed by atoms with Gasteiger partial charge in [0.2, 0.25) is 5.88 Å². The minimum atomic E-state index is -4.50. The summed E-state index contributed by atoms with van der Waals surface area (Å²) in [6, 6.07) is 20.1. The molecule has 2 heterocycles. The maximum absolute atomic E-state index is 12.9. The standard InChI is InChI=1S/C29H27F3N6O2/c30-29(31,32)21-6-4-8-24(16-21)37-28(39)36-22-9-11-25(12-10-22)40-27-17-26(33-19-34-27)35-23-7-3-5-20(15-23)18-38-13-1-2-14-38/h3-12,15-17,19H,1-2,13-14,18H2,(H,33,34,35)(H2,36,37,39). The fourth-order valence-corrected chi connectivity index (χ4v) is 4.35. The maximum atomic E-state index is 12.9. The molecule has 11 heteroatoms. The van der Waals surface area contributed by atoms with E-state index in [9.17, 15) is 18.0 Å². The van der Waals surface area contributed by atoms with Crippen LogP contribution in [-0.4, -0.2) is 34.0 Å². The molecule has 40 heavy (non-hydrogen) atoms. The third-order valence-electron chi connectivity index (χ3n) is 6.23. The van der Waals surface area contributed by atoms with Gasteiger partial charge < -0.3 is 20.7 Å². The number of halogens is 3. The van der Waals surface area contributed by atoms with E-state index in [1.807, 2.05) is 12.1 Å². The molecule has 3 aromatic carbocycles. The number of rotatable bonds is 8. The van der Waals surface area contributed by atoms with Gasteiger partial charge in [-0.2, -0.15) is 13.2 Å². The molecule has 0 unspecified atom stereocenters. The second kappa shape index (κ2) is 12.0. The van der Waals surface area contributed by atoms with Gasteiger partial charge in [0, 0.05) is 29.7 Å². The Morgan fingerprint density at radius 3 is 2.35 bits per heavy atom. The number of nitrogens with one attached hydrogen (secondary N) is 3. The minimum Gasteiger partial charge on any atom is -0.439 e. The van der Waals surface area contributed by atoms with E-state index in [-0.39, 0.29) is 5.69 Å². The molecule has 0 atom stereocenters. The fraction of sp³-hybridized carbons (Fsp3) is 0.207. The Kier molecular flexibility index (Phi) is 8.11. The highest BCUT2D eigenvalue weighted by atomic mass is 19.4. The van der Waals surface area contributed by atoms with E-state index in [2.05, 4.69) is 43.0 Å². The summed E-state index contributed by atoms with van der Waals surface area (Å²) in [7, 11) is 0. The zero-order chi connectivity index (χ0) is 28.0. The van der Waals surface area contributed by atoms with Crippen molar-refractivity contribution in [1.82, 2.24) is 14.9 Å². The molecule has 3 N–H and O–H groups in total. The highest BCUT2D eigenvalue weighted by molar-refractivity contribution is 5.99. The lowest BCUT2D eigenvalue weighted by atomic mass is 10.2. The van der Waals surface area contributed by atoms with Crippen LogP contribution in [0.3, 0.4) is 0 Å². The Hall–Kier alpha value is -4.64. The van der Waals surface area contributed by atoms with Crippen LogP contribution in [0.4, 0.5) is 40.8 Å². The van der Waals surface area contributed by atoms with Gasteiger partial charge in [-0.15, -0.1) is 0 Å². The van der Waals surface area contributed by atoms with Gasteiger partial charge in [-0.3, -0.25) is 4.90 Å². The molecule has 1 aromatic heterocycles. The van der Waals surface area contributed by atoms with E-state index >= 15 is 0 Å². The second-order valence-electron chi connectivity index (χ2n) is 9.33. The quantitative estimate of drug-likeness (QED) is 0.215. The van der Waals surface area contributed by atoms with E-state index in [4.69, 9.17) is 4.74 Å². The Bertz CT molecular complexity index is 1460. The van der Waals surface area contributed by atoms with Crippen molar-refractivity contribution in [3.63, 3.8) is 0 Å². The molecular formula is C29H27F3N6O2. The highest BCUT2D eigenvalue weighted by Crippen LogP contribution is 2.31. The zero-order valence-electron chi connectivity index (χ0n) is 21.4. The second-order valence-corrected chi connectivity index (χ2v) is 9.33. The number of hydrogen-bond acceptors (Lipinski definition) is 6. The van der Waals surface area contributed by atoms with E-state index in [0.29, 0.717) is 23.1 Å². The van der Waals surface area contributed by atoms with Crippen LogP contribution >= 0.6 is 0 Å². The molecule has 5 rings (SSSR count). The van der Waals surface area contributed by atoms with E-state index in [1.54, 1.807) is 30.3 Å². The summed E-state index contributed by atoms with van der Waals surface area (Å²) in [6.07, 6.45) is -0.596. The summed E-state index contributed by atoms with van der Waals surface area (Å²) in [5.74, 6) is 1.38. The molecule has 0 bridgehead atoms. The average molecular weight is 549 g/mol. The molecule has 1 aliphatic rings. The minimum absolute atomic E-state index is 0.0266. The van der Waals surface area contributed by atoms with Gasteiger partial charge in [0.15, 0.2) is 0 Å². The first-order valence-electron chi connectivity index (χ1n) is 12.7. The van der Waals surface area contributed by atoms with Crippen LogP contribution < -0.4 is 20.7 Å². The molecule has 2 amide bonds. The number of aromatic nitrogens is 2. The van der Waals surface area contributed by atoms with Crippen molar-refractivity contribution < 1.29 is 22.7 Å². The van der Waals surface area contributed by atoms with Gasteiger partial charge in [-0.1, -0.05) is 18.2 Å². The molecule has 0 radical (unpaired) electrons. The van der Waals surface area contributed by atoms with Gasteiger partial charge in [-0.25, -0.2) is 14.8 Å². The monoisotopic (exact) mass is 548 g/mol. The third-order valence-corrected chi connectivity index (χ3v) is 6.23. The van der Waals surface area contributed by atoms with Gasteiger partial charge in [0.05, 0.1) is 5.56 Å². The molecule has 0 aliphatic carbocycles. The topological polar surface area (TPSA) is 91.4 Å². The SMILES string of the molecule is O=C(Nc1ccc(Oc2cc(Nc3cccc(CN4CCCC4)c3)ncn2)cc1)Nc1cccc(C(F)(F)F)c1. The summed E-state index contributed by atoms with van der Waals surface area (Å²) in [4.78, 5) is 23.1. The number of urea groups is 1. The van der Waals surface area contributed by atoms with Gasteiger partial charge in [-0.05, 0) is 86.1 Å². The summed E-state index contributed by atoms with van der Waals surface area (Å²) < 4.78 is 44.5. The van der Waals surface area contributed by atoms with Crippen molar-refractivity contribution in [2.75, 3.05) is 29.0 Å². The first kappa shape index (κ1) is 26.9. The normalized spacial score (nSPS) is 13.6. The van der Waals surface area contributed by atoms with Crippen molar-refractivity contribution in [3.8, 4) is 11.6 Å². The largest absolute Gasteiger partial charge is 0.439 e. The van der Waals surface area contributed by atoms with Crippen LogP contribution in [0.5, 0.6) is 11.6 Å². The van der Waals surface area contributed by atoms with Crippen LogP contribution in [-0.2, 0) is 12.7 Å². The van der Waals surface area contributed by atoms with Gasteiger partial charge >= 0.3 is 12.2 Å². The predicted octanol–water partition coefficient (Wildman–Crippen LogP) is 7.27. The summed E-state index contributed by atoms with van der Waals surface area (Å²) in [6.45, 7) is 3.19. The number of likely N-dealkylation sites (tertiary alicyclic amines) is 1. The van der Waals surface area contributed by atoms with E-state index < -0.39 is 17.8 Å². The molecule has 8 nitrogen and oxygen atoms in total. The van der Waals surface area contributed by atoms with Crippen LogP contribution in [0.25, 0.3) is 0 Å². The van der Waals surface area contributed by atoms with E-state index in [0.717, 1.165) is 37.5 Å². The van der Waals surface area contributed by atoms with Crippen LogP contribution in [0.2, 0.25) is 0 Å². The lowest BCUT2D eigenvalue weighted by Gasteiger charge is -2.15. The molecule has 1 aliphatic heterocycles. The van der Waals surface area contributed by atoms with Crippen LogP contribution in [0.1, 0.15) is 24.0 Å². The number of carbonyl (C=O) groups is 1. The maximum Gasteiger partial charge on any atom is 0.416 e. The number of alkyl halides is 3. The van der Waals surface area contributed by atoms with Crippen molar-refractivity contribution in [1.29, 1.82) is 0 Å². The Morgan fingerprint density at radius 2 is 1.57 bits per heavy atom. The van der Waals surface area contributed by atoms with Crippen LogP contribution in [0, 0.1) is 0 Å². The summed E-state index contributed by atoms with van der Waals surface area (Å²) in [5.41, 5.74) is 1.75. The Balaban J connectivity index is 1.16. The molecular weight excluding hydrogens is 521 g/mol. The lowest BCUT2D eigenvalue weighted by Crippen LogP contribution is -2.19. The molecule has 0 saturated carbocycles. The first-order chi connectivity index (χ1) is 19.3. The van der Waals surface area contributed by atoms with Gasteiger partial charge in [0.1, 0.15) is 17.9 Å². The number of amides is 2. The van der Waals surface area contributed by atoms with Crippen molar-refractivity contribution in [2.24, 2.45) is 0 Å². The summed E-state index contributed by atoms with van der Waals surface area (Å²) in [5, 5.41) is 8.27. The number of hydrogen-bond donors (Lipinski definition) is 3. The Morgan fingerprint density at radius 1 is 0.850 bits per heavy atom. The number of anilines is 4. The van der Waals surface area contributed by atoms with Crippen molar-refractivity contribution in [2.45, 2.75) is 25.6 Å². The number of ether oxygens (including phenoxy) is 1. The van der Waals surface area contributed by atoms with Crippen molar-refractivity contribution >= 4 is 28.9 Å². The predicted molar refractivity (Wildman–Crippen MR) is 147 cm³/mol. The lowest BCUT2D eigenvalue weighted by molar-refractivity contribution is -0.137. The highest BCUT2D eigenvalue weighted by Gasteiger charge is 2.30. The molecule has 4 aromatic rings. The smallest absolute Gasteiger partial charge is 0.416 e. The molecule has 1 fully saturated rings. The molecule has 0 spiro atoms. The van der Waals surface area contributed by atoms with Crippen LogP contribution in [0.15, 0.2) is 85.2 Å². The fourth-order valence-electron chi connectivity index (χ4n) is 4.35. The number of carbonyl (C=O) groups excluding carboxylic acids is 1. The summed E-state index contributed by atoms with van der Waals surface area (Å²) >= 11 is 0. The zero-order valence-corrected chi connectivity index (χ0v) is 21.4. The van der Waals surface area contributed by atoms with E-state index in [1.165, 1.54) is 36.9 Å². The van der Waals surface area contributed by atoms with Gasteiger partial charge in [0.25, 0.3) is 0 Å². The first-order valence-corrected chi connectivity index (χ1v) is 12.7. The third kappa shape index (κ3) is 7.48. The number of benzene rings is 3.